The van der Waals surface area contributed by atoms with Gasteiger partial charge in [-0.05, 0) is 61.9 Å². The van der Waals surface area contributed by atoms with Crippen LogP contribution in [0.3, 0.4) is 0 Å². The first kappa shape index (κ1) is 24.8. The fraction of sp³-hybridized carbons (Fsp3) is 0.273. The van der Waals surface area contributed by atoms with E-state index in [9.17, 15) is 23.1 Å². The molecule has 0 radical (unpaired) electrons. The van der Waals surface area contributed by atoms with E-state index in [1.54, 1.807) is 18.2 Å². The number of nitrogens with zero attached hydrogens (tertiary/aromatic N) is 3. The second-order valence-corrected chi connectivity index (χ2v) is 10.2. The van der Waals surface area contributed by atoms with E-state index >= 15 is 0 Å². The van der Waals surface area contributed by atoms with Gasteiger partial charge in [-0.25, -0.2) is 13.6 Å². The van der Waals surface area contributed by atoms with Crippen molar-refractivity contribution in [3.05, 3.63) is 47.5 Å². The number of aromatic hydroxyl groups is 1. The fourth-order valence-corrected chi connectivity index (χ4v) is 4.64. The van der Waals surface area contributed by atoms with Crippen molar-refractivity contribution in [2.24, 2.45) is 21.3 Å². The van der Waals surface area contributed by atoms with E-state index in [1.165, 1.54) is 24.3 Å². The zero-order valence-corrected chi connectivity index (χ0v) is 20.0. The molecule has 2 heterocycles. The molecule has 2 amide bonds. The lowest BCUT2D eigenvalue weighted by atomic mass is 9.97. The van der Waals surface area contributed by atoms with Crippen molar-refractivity contribution in [1.29, 1.82) is 0 Å². The third-order valence-electron chi connectivity index (χ3n) is 5.65. The molecular weight excluding hydrogens is 496 g/mol. The van der Waals surface area contributed by atoms with E-state index in [-0.39, 0.29) is 28.9 Å². The van der Waals surface area contributed by atoms with Gasteiger partial charge in [0.1, 0.15) is 0 Å². The number of likely N-dealkylation sites (tertiary alicyclic amines) is 1. The zero-order chi connectivity index (χ0) is 25.2. The van der Waals surface area contributed by atoms with Crippen molar-refractivity contribution >= 4 is 55.7 Å². The number of hydrogen-bond donors (Lipinski definition) is 4. The molecule has 4 rings (SSSR count). The van der Waals surface area contributed by atoms with Gasteiger partial charge in [0.2, 0.25) is 21.8 Å². The minimum atomic E-state index is -3.81. The molecule has 1 fully saturated rings. The van der Waals surface area contributed by atoms with Crippen LogP contribution in [-0.4, -0.2) is 54.9 Å². The summed E-state index contributed by atoms with van der Waals surface area (Å²) >= 11 is 5.96. The predicted octanol–water partition coefficient (Wildman–Crippen LogP) is 3.14. The number of halogens is 1. The number of anilines is 1. The molecule has 13 heteroatoms. The van der Waals surface area contributed by atoms with E-state index in [1.807, 2.05) is 4.90 Å². The molecule has 1 aromatic heterocycles. The predicted molar refractivity (Wildman–Crippen MR) is 130 cm³/mol. The van der Waals surface area contributed by atoms with Gasteiger partial charge >= 0.3 is 0 Å². The van der Waals surface area contributed by atoms with E-state index in [4.69, 9.17) is 16.7 Å². The molecule has 0 saturated carbocycles. The van der Waals surface area contributed by atoms with Gasteiger partial charge in [-0.1, -0.05) is 11.6 Å². The monoisotopic (exact) mass is 518 g/mol. The van der Waals surface area contributed by atoms with Crippen LogP contribution in [0.1, 0.15) is 12.8 Å². The van der Waals surface area contributed by atoms with Crippen LogP contribution in [-0.2, 0) is 19.6 Å². The maximum absolute atomic E-state index is 12.7. The first-order valence-corrected chi connectivity index (χ1v) is 12.6. The number of fused-ring (bicyclic) bond motifs is 1. The van der Waals surface area contributed by atoms with Gasteiger partial charge in [0, 0.05) is 22.6 Å². The summed E-state index contributed by atoms with van der Waals surface area (Å²) < 4.78 is 22.7. The summed E-state index contributed by atoms with van der Waals surface area (Å²) in [5.74, 6) is -1.38. The van der Waals surface area contributed by atoms with Crippen molar-refractivity contribution in [3.63, 3.8) is 0 Å². The Balaban J connectivity index is 1.35. The highest BCUT2D eigenvalue weighted by Gasteiger charge is 2.27. The quantitative estimate of drug-likeness (QED) is 0.365. The molecule has 2 aromatic carbocycles. The van der Waals surface area contributed by atoms with Crippen LogP contribution in [0.2, 0.25) is 5.02 Å². The van der Waals surface area contributed by atoms with Crippen molar-refractivity contribution in [1.82, 2.24) is 9.88 Å². The lowest BCUT2D eigenvalue weighted by molar-refractivity contribution is -0.125. The Morgan fingerprint density at radius 3 is 2.69 bits per heavy atom. The number of azo groups is 1. The second kappa shape index (κ2) is 10.1. The molecule has 11 nitrogen and oxygen atoms in total. The Morgan fingerprint density at radius 2 is 1.97 bits per heavy atom. The number of amides is 2. The molecular formula is C22H23ClN6O5S. The van der Waals surface area contributed by atoms with Gasteiger partial charge < -0.3 is 15.4 Å². The Labute approximate surface area is 206 Å². The van der Waals surface area contributed by atoms with Crippen LogP contribution in [0.15, 0.2) is 57.6 Å². The fourth-order valence-electron chi connectivity index (χ4n) is 3.96. The number of nitrogens with two attached hydrogens (primary N) is 1. The Kier molecular flexibility index (Phi) is 7.17. The van der Waals surface area contributed by atoms with Crippen molar-refractivity contribution < 1.29 is 23.1 Å². The summed E-state index contributed by atoms with van der Waals surface area (Å²) in [5, 5.41) is 26.7. The number of aromatic amines is 1. The van der Waals surface area contributed by atoms with Gasteiger partial charge in [-0.3, -0.25) is 14.5 Å². The molecule has 184 valence electrons. The smallest absolute Gasteiger partial charge is 0.269 e. The number of sulfonamides is 1. The molecule has 0 bridgehead atoms. The van der Waals surface area contributed by atoms with Crippen LogP contribution in [0, 0.1) is 5.92 Å². The standard InChI is InChI=1S/C22H23ClN6O5S/c23-14-3-8-17-18(10-14)26-22(32)20(17)27-28-21(31)13-2-1-9-29(11-13)12-19(30)25-15-4-6-16(7-5-15)35(24,33)34/h3-8,10,13,26,32H,1-2,9,11-12H2,(H,25,30)(H2,24,33,34). The number of piperidine rings is 1. The first-order chi connectivity index (χ1) is 16.6. The summed E-state index contributed by atoms with van der Waals surface area (Å²) in [6.45, 7) is 1.04. The molecule has 1 saturated heterocycles. The maximum Gasteiger partial charge on any atom is 0.269 e. The van der Waals surface area contributed by atoms with E-state index in [0.717, 1.165) is 0 Å². The number of aromatic nitrogens is 1. The third-order valence-corrected chi connectivity index (χ3v) is 6.82. The number of carbonyl (C=O) groups is 2. The first-order valence-electron chi connectivity index (χ1n) is 10.7. The second-order valence-electron chi connectivity index (χ2n) is 8.24. The summed E-state index contributed by atoms with van der Waals surface area (Å²) in [4.78, 5) is 29.7. The highest BCUT2D eigenvalue weighted by Crippen LogP contribution is 2.36. The molecule has 1 atom stereocenters. The normalized spacial score (nSPS) is 17.1. The lowest BCUT2D eigenvalue weighted by Gasteiger charge is -2.30. The molecule has 1 aliphatic heterocycles. The molecule has 35 heavy (non-hydrogen) atoms. The van der Waals surface area contributed by atoms with Crippen LogP contribution in [0.25, 0.3) is 10.9 Å². The number of hydrogen-bond acceptors (Lipinski definition) is 7. The highest BCUT2D eigenvalue weighted by molar-refractivity contribution is 7.89. The van der Waals surface area contributed by atoms with Crippen molar-refractivity contribution in [3.8, 4) is 5.88 Å². The number of carbonyl (C=O) groups excluding carboxylic acids is 2. The average Bonchev–Trinajstić information content (AvgIpc) is 3.11. The molecule has 1 aliphatic rings. The molecule has 3 aromatic rings. The topological polar surface area (TPSA) is 170 Å². The maximum atomic E-state index is 12.7. The molecule has 5 N–H and O–H groups in total. The summed E-state index contributed by atoms with van der Waals surface area (Å²) in [6, 6.07) is 10.5. The molecule has 0 aliphatic carbocycles. The third kappa shape index (κ3) is 6.03. The number of H-pyrrole nitrogens is 1. The largest absolute Gasteiger partial charge is 0.493 e. The van der Waals surface area contributed by atoms with Gasteiger partial charge in [-0.15, -0.1) is 10.2 Å². The minimum absolute atomic E-state index is 0.0493. The number of primary sulfonamides is 1. The zero-order valence-electron chi connectivity index (χ0n) is 18.4. The summed E-state index contributed by atoms with van der Waals surface area (Å²) in [7, 11) is -3.81. The van der Waals surface area contributed by atoms with E-state index in [2.05, 4.69) is 20.5 Å². The van der Waals surface area contributed by atoms with Crippen LogP contribution >= 0.6 is 11.6 Å². The van der Waals surface area contributed by atoms with Gasteiger partial charge in [0.25, 0.3) is 5.91 Å². The van der Waals surface area contributed by atoms with Crippen LogP contribution < -0.4 is 10.5 Å². The van der Waals surface area contributed by atoms with Crippen molar-refractivity contribution in [2.45, 2.75) is 17.7 Å². The number of rotatable bonds is 6. The Morgan fingerprint density at radius 1 is 1.23 bits per heavy atom. The van der Waals surface area contributed by atoms with Gasteiger partial charge in [0.05, 0.1) is 22.9 Å². The number of benzene rings is 2. The van der Waals surface area contributed by atoms with E-state index < -0.39 is 21.8 Å². The van der Waals surface area contributed by atoms with Crippen LogP contribution in [0.4, 0.5) is 11.4 Å². The van der Waals surface area contributed by atoms with Gasteiger partial charge in [-0.2, -0.15) is 0 Å². The highest BCUT2D eigenvalue weighted by atomic mass is 35.5. The summed E-state index contributed by atoms with van der Waals surface area (Å²) in [6.07, 6.45) is 1.32. The van der Waals surface area contributed by atoms with E-state index in [0.29, 0.717) is 47.5 Å². The lowest BCUT2D eigenvalue weighted by Crippen LogP contribution is -2.42. The molecule has 1 unspecified atom stereocenters. The minimum Gasteiger partial charge on any atom is -0.493 e. The van der Waals surface area contributed by atoms with Crippen molar-refractivity contribution in [2.75, 3.05) is 25.0 Å². The number of nitrogens with one attached hydrogen (secondary N) is 2. The van der Waals surface area contributed by atoms with Gasteiger partial charge in [0.15, 0.2) is 5.69 Å². The average molecular weight is 519 g/mol. The summed E-state index contributed by atoms with van der Waals surface area (Å²) in [5.41, 5.74) is 1.16. The SMILES string of the molecule is NS(=O)(=O)c1ccc(NC(=O)CN2CCCC(C(=O)N=Nc3c(O)[nH]c4cc(Cl)ccc34)C2)cc1. The van der Waals surface area contributed by atoms with Crippen LogP contribution in [0.5, 0.6) is 5.88 Å². The molecule has 0 spiro atoms. The Bertz CT molecular complexity index is 1400. The Hall–Kier alpha value is -3.32.